The maximum absolute atomic E-state index is 13.8. The summed E-state index contributed by atoms with van der Waals surface area (Å²) >= 11 is 0. The first-order valence-corrected chi connectivity index (χ1v) is 14.1. The second-order valence-electron chi connectivity index (χ2n) is 10.8. The molecule has 5 rings (SSSR count). The van der Waals surface area contributed by atoms with Crippen LogP contribution in [0.2, 0.25) is 0 Å². The van der Waals surface area contributed by atoms with Gasteiger partial charge in [0.1, 0.15) is 30.3 Å². The summed E-state index contributed by atoms with van der Waals surface area (Å²) < 4.78 is 10.6. The number of ketones is 1. The Balaban J connectivity index is 1.32. The second-order valence-corrected chi connectivity index (χ2v) is 10.8. The second kappa shape index (κ2) is 12.9. The van der Waals surface area contributed by atoms with E-state index in [-0.39, 0.29) is 25.4 Å². The van der Waals surface area contributed by atoms with Gasteiger partial charge in [0, 0.05) is 23.5 Å². The van der Waals surface area contributed by atoms with Gasteiger partial charge in [-0.25, -0.2) is 4.79 Å². The molecule has 1 aromatic heterocycles. The number of fused-ring (bicyclic) bond motifs is 1. The molecule has 4 aromatic rings. The Morgan fingerprint density at radius 3 is 2.23 bits per heavy atom. The van der Waals surface area contributed by atoms with Gasteiger partial charge in [-0.3, -0.25) is 14.4 Å². The molecule has 3 aromatic carbocycles. The number of Topliss-reactive ketones (excluding diaryl/α,β-unsaturated/α-hetero) is 1. The SMILES string of the molecule is C[C@H](NC(=O)OCc1ccccc1)C(=O)N[C@@H](Cc1c[nH]c2ccccc12)C(=O)N[C@H](C(=O)C1(C)CO1)c1ccccc1. The number of aromatic amines is 1. The van der Waals surface area contributed by atoms with E-state index in [9.17, 15) is 19.2 Å². The fraction of sp³-hybridized carbons (Fsp3) is 0.273. The lowest BCUT2D eigenvalue weighted by molar-refractivity contribution is -0.133. The van der Waals surface area contributed by atoms with E-state index >= 15 is 0 Å². The molecule has 4 atom stereocenters. The van der Waals surface area contributed by atoms with Crippen LogP contribution in [-0.4, -0.2) is 53.0 Å². The summed E-state index contributed by atoms with van der Waals surface area (Å²) in [5.74, 6) is -1.42. The highest BCUT2D eigenvalue weighted by Gasteiger charge is 2.50. The van der Waals surface area contributed by atoms with Crippen LogP contribution in [0.5, 0.6) is 0 Å². The van der Waals surface area contributed by atoms with Crippen LogP contribution in [0.3, 0.4) is 0 Å². The Morgan fingerprint density at radius 1 is 0.884 bits per heavy atom. The fourth-order valence-electron chi connectivity index (χ4n) is 4.78. The average Bonchev–Trinajstić information content (AvgIpc) is 3.66. The number of H-pyrrole nitrogens is 1. The number of aromatic nitrogens is 1. The first-order valence-electron chi connectivity index (χ1n) is 14.1. The molecule has 1 unspecified atom stereocenters. The molecule has 10 nitrogen and oxygen atoms in total. The smallest absolute Gasteiger partial charge is 0.408 e. The minimum atomic E-state index is -1.07. The first-order chi connectivity index (χ1) is 20.7. The quantitative estimate of drug-likeness (QED) is 0.188. The summed E-state index contributed by atoms with van der Waals surface area (Å²) in [5, 5.41) is 9.05. The molecule has 0 aliphatic carbocycles. The highest BCUT2D eigenvalue weighted by atomic mass is 16.6. The van der Waals surface area contributed by atoms with E-state index in [1.54, 1.807) is 37.4 Å². The Labute approximate surface area is 249 Å². The zero-order chi connectivity index (χ0) is 30.4. The Morgan fingerprint density at radius 2 is 1.53 bits per heavy atom. The molecule has 1 saturated heterocycles. The maximum atomic E-state index is 13.8. The van der Waals surface area contributed by atoms with Crippen LogP contribution in [0.15, 0.2) is 91.1 Å². The van der Waals surface area contributed by atoms with Crippen molar-refractivity contribution in [3.8, 4) is 0 Å². The van der Waals surface area contributed by atoms with Gasteiger partial charge in [0.15, 0.2) is 5.78 Å². The molecule has 222 valence electrons. The summed E-state index contributed by atoms with van der Waals surface area (Å²) in [4.78, 5) is 56.1. The van der Waals surface area contributed by atoms with Crippen molar-refractivity contribution in [2.45, 2.75) is 50.6 Å². The summed E-state index contributed by atoms with van der Waals surface area (Å²) in [6.45, 7) is 3.50. The number of hydrogen-bond donors (Lipinski definition) is 4. The van der Waals surface area contributed by atoms with Gasteiger partial charge in [0.25, 0.3) is 0 Å². The number of epoxide rings is 1. The molecule has 0 bridgehead atoms. The van der Waals surface area contributed by atoms with E-state index in [4.69, 9.17) is 9.47 Å². The number of nitrogens with one attached hydrogen (secondary N) is 4. The Kier molecular flexibility index (Phi) is 8.87. The third-order valence-corrected chi connectivity index (χ3v) is 7.45. The number of ether oxygens (including phenoxy) is 2. The topological polar surface area (TPSA) is 142 Å². The average molecular weight is 583 g/mol. The molecule has 0 spiro atoms. The lowest BCUT2D eigenvalue weighted by atomic mass is 9.94. The number of carbonyl (C=O) groups is 4. The third kappa shape index (κ3) is 7.28. The van der Waals surface area contributed by atoms with E-state index < -0.39 is 41.6 Å². The van der Waals surface area contributed by atoms with Crippen molar-refractivity contribution in [3.05, 3.63) is 108 Å². The van der Waals surface area contributed by atoms with Gasteiger partial charge in [0.05, 0.1) is 6.61 Å². The number of rotatable bonds is 12. The molecule has 1 fully saturated rings. The molecule has 43 heavy (non-hydrogen) atoms. The zero-order valence-corrected chi connectivity index (χ0v) is 24.0. The number of para-hydroxylation sites is 1. The predicted molar refractivity (Wildman–Crippen MR) is 160 cm³/mol. The molecule has 4 N–H and O–H groups in total. The summed E-state index contributed by atoms with van der Waals surface area (Å²) in [6.07, 6.45) is 1.16. The minimum absolute atomic E-state index is 0.0458. The maximum Gasteiger partial charge on any atom is 0.408 e. The lowest BCUT2D eigenvalue weighted by Gasteiger charge is -2.25. The van der Waals surface area contributed by atoms with Gasteiger partial charge >= 0.3 is 6.09 Å². The van der Waals surface area contributed by atoms with Crippen LogP contribution in [0.4, 0.5) is 4.79 Å². The van der Waals surface area contributed by atoms with Gasteiger partial charge in [-0.15, -0.1) is 0 Å². The molecular weight excluding hydrogens is 548 g/mol. The Hall–Kier alpha value is -4.96. The van der Waals surface area contributed by atoms with Crippen LogP contribution < -0.4 is 16.0 Å². The number of benzene rings is 3. The lowest BCUT2D eigenvalue weighted by Crippen LogP contribution is -2.55. The third-order valence-electron chi connectivity index (χ3n) is 7.45. The predicted octanol–water partition coefficient (Wildman–Crippen LogP) is 3.73. The van der Waals surface area contributed by atoms with Crippen LogP contribution in [0.1, 0.15) is 36.6 Å². The first kappa shape index (κ1) is 29.5. The monoisotopic (exact) mass is 582 g/mol. The van der Waals surface area contributed by atoms with Crippen molar-refractivity contribution in [2.75, 3.05) is 6.61 Å². The highest BCUT2D eigenvalue weighted by molar-refractivity contribution is 5.99. The van der Waals surface area contributed by atoms with Crippen molar-refractivity contribution < 1.29 is 28.7 Å². The number of hydrogen-bond acceptors (Lipinski definition) is 6. The summed E-state index contributed by atoms with van der Waals surface area (Å²) in [7, 11) is 0. The van der Waals surface area contributed by atoms with Gasteiger partial charge in [0.2, 0.25) is 11.8 Å². The molecule has 0 radical (unpaired) electrons. The van der Waals surface area contributed by atoms with Gasteiger partial charge < -0.3 is 30.4 Å². The molecule has 3 amide bonds. The van der Waals surface area contributed by atoms with Crippen molar-refractivity contribution >= 4 is 34.6 Å². The molecule has 1 aliphatic heterocycles. The zero-order valence-electron chi connectivity index (χ0n) is 24.0. The normalized spacial score (nSPS) is 17.7. The summed E-state index contributed by atoms with van der Waals surface area (Å²) in [5.41, 5.74) is 2.11. The van der Waals surface area contributed by atoms with E-state index in [1.807, 2.05) is 60.7 Å². The van der Waals surface area contributed by atoms with E-state index in [0.29, 0.717) is 5.56 Å². The van der Waals surface area contributed by atoms with Crippen molar-refractivity contribution in [1.82, 2.24) is 20.9 Å². The number of amides is 3. The molecule has 10 heteroatoms. The van der Waals surface area contributed by atoms with E-state index in [2.05, 4.69) is 20.9 Å². The van der Waals surface area contributed by atoms with Crippen LogP contribution in [0, 0.1) is 0 Å². The Bertz CT molecular complexity index is 1600. The van der Waals surface area contributed by atoms with Crippen molar-refractivity contribution in [1.29, 1.82) is 0 Å². The highest BCUT2D eigenvalue weighted by Crippen LogP contribution is 2.33. The van der Waals surface area contributed by atoms with Gasteiger partial charge in [-0.2, -0.15) is 0 Å². The molecular formula is C33H34N4O6. The van der Waals surface area contributed by atoms with Crippen molar-refractivity contribution in [3.63, 3.8) is 0 Å². The van der Waals surface area contributed by atoms with Crippen LogP contribution in [0.25, 0.3) is 10.9 Å². The van der Waals surface area contributed by atoms with Gasteiger partial charge in [-0.05, 0) is 36.6 Å². The molecule has 1 aliphatic rings. The largest absolute Gasteiger partial charge is 0.445 e. The molecule has 0 saturated carbocycles. The van der Waals surface area contributed by atoms with E-state index in [0.717, 1.165) is 22.0 Å². The standard InChI is InChI=1S/C33H34N4O6/c1-21(35-32(41)42-19-22-11-5-3-6-12-22)30(39)36-27(17-24-18-34-26-16-10-9-15-25(24)26)31(40)37-28(23-13-7-4-8-14-23)29(38)33(2)20-43-33/h3-16,18,21,27-28,34H,17,19-20H2,1-2H3,(H,35,41)(H,36,39)(H,37,40)/t21-,27-,28-,33?/m0/s1. The number of alkyl carbamates (subject to hydrolysis) is 1. The van der Waals surface area contributed by atoms with Crippen LogP contribution >= 0.6 is 0 Å². The van der Waals surface area contributed by atoms with Crippen LogP contribution in [-0.2, 0) is 36.9 Å². The van der Waals surface area contributed by atoms with Gasteiger partial charge in [-0.1, -0.05) is 78.9 Å². The number of carbonyl (C=O) groups excluding carboxylic acids is 4. The minimum Gasteiger partial charge on any atom is -0.445 e. The van der Waals surface area contributed by atoms with Crippen molar-refractivity contribution in [2.24, 2.45) is 0 Å². The summed E-state index contributed by atoms with van der Waals surface area (Å²) in [6, 6.07) is 22.6. The molecule has 2 heterocycles. The fourth-order valence-corrected chi connectivity index (χ4v) is 4.78. The van der Waals surface area contributed by atoms with E-state index in [1.165, 1.54) is 6.92 Å².